The first kappa shape index (κ1) is 19.2. The lowest BCUT2D eigenvalue weighted by Crippen LogP contribution is -2.47. The summed E-state index contributed by atoms with van der Waals surface area (Å²) in [5.41, 5.74) is 1.16. The van der Waals surface area contributed by atoms with E-state index in [1.807, 2.05) is 30.3 Å². The van der Waals surface area contributed by atoms with Crippen molar-refractivity contribution >= 4 is 5.91 Å². The van der Waals surface area contributed by atoms with E-state index in [9.17, 15) is 4.79 Å². The van der Waals surface area contributed by atoms with Crippen LogP contribution in [0.15, 0.2) is 54.6 Å². The van der Waals surface area contributed by atoms with Crippen LogP contribution in [-0.2, 0) is 14.9 Å². The second-order valence-electron chi connectivity index (χ2n) is 6.91. The van der Waals surface area contributed by atoms with Gasteiger partial charge in [-0.3, -0.25) is 4.79 Å². The van der Waals surface area contributed by atoms with E-state index in [-0.39, 0.29) is 11.3 Å². The van der Waals surface area contributed by atoms with Gasteiger partial charge in [0.1, 0.15) is 11.5 Å². The lowest BCUT2D eigenvalue weighted by molar-refractivity contribution is -0.127. The summed E-state index contributed by atoms with van der Waals surface area (Å²) in [6.45, 7) is 3.76. The summed E-state index contributed by atoms with van der Waals surface area (Å²) in [4.78, 5) is 12.6. The van der Waals surface area contributed by atoms with Crippen LogP contribution in [0.3, 0.4) is 0 Å². The summed E-state index contributed by atoms with van der Waals surface area (Å²) in [5, 5.41) is 3.09. The fraction of sp³-hybridized carbons (Fsp3) is 0.409. The van der Waals surface area contributed by atoms with Gasteiger partial charge in [-0.1, -0.05) is 30.3 Å². The molecule has 0 aliphatic carbocycles. The molecule has 1 aliphatic rings. The highest BCUT2D eigenvalue weighted by Crippen LogP contribution is 2.34. The lowest BCUT2D eigenvalue weighted by Gasteiger charge is -2.38. The number of nitrogens with one attached hydrogen (secondary N) is 1. The molecule has 0 unspecified atom stereocenters. The zero-order valence-electron chi connectivity index (χ0n) is 15.9. The van der Waals surface area contributed by atoms with E-state index in [1.165, 1.54) is 5.56 Å². The van der Waals surface area contributed by atoms with Crippen LogP contribution in [0.5, 0.6) is 11.5 Å². The number of hydrogen-bond acceptors (Lipinski definition) is 4. The molecule has 3 rings (SSSR count). The lowest BCUT2D eigenvalue weighted by atomic mass is 9.74. The van der Waals surface area contributed by atoms with Crippen molar-refractivity contribution < 1.29 is 19.0 Å². The van der Waals surface area contributed by atoms with Crippen molar-refractivity contribution in [3.63, 3.8) is 0 Å². The van der Waals surface area contributed by atoms with Gasteiger partial charge in [-0.05, 0) is 49.6 Å². The summed E-state index contributed by atoms with van der Waals surface area (Å²) < 4.78 is 16.4. The predicted octanol–water partition coefficient (Wildman–Crippen LogP) is 3.33. The SMILES string of the molecule is COc1ccc(O[C@H](C)C(=O)NCC2(c3ccccc3)CCOCC2)cc1. The van der Waals surface area contributed by atoms with E-state index >= 15 is 0 Å². The van der Waals surface area contributed by atoms with E-state index in [4.69, 9.17) is 14.2 Å². The van der Waals surface area contributed by atoms with Gasteiger partial charge in [0, 0.05) is 25.2 Å². The Kier molecular flexibility index (Phi) is 6.35. The molecule has 2 aromatic carbocycles. The maximum Gasteiger partial charge on any atom is 0.260 e. The number of hydrogen-bond donors (Lipinski definition) is 1. The first-order valence-corrected chi connectivity index (χ1v) is 9.35. The third-order valence-electron chi connectivity index (χ3n) is 5.18. The average Bonchev–Trinajstić information content (AvgIpc) is 2.74. The van der Waals surface area contributed by atoms with Crippen molar-refractivity contribution in [2.24, 2.45) is 0 Å². The van der Waals surface area contributed by atoms with Gasteiger partial charge in [-0.2, -0.15) is 0 Å². The quantitative estimate of drug-likeness (QED) is 0.813. The van der Waals surface area contributed by atoms with E-state index in [0.29, 0.717) is 25.5 Å². The molecule has 27 heavy (non-hydrogen) atoms. The van der Waals surface area contributed by atoms with Crippen molar-refractivity contribution in [3.05, 3.63) is 60.2 Å². The summed E-state index contributed by atoms with van der Waals surface area (Å²) in [7, 11) is 1.62. The van der Waals surface area contributed by atoms with Crippen molar-refractivity contribution in [2.75, 3.05) is 26.9 Å². The highest BCUT2D eigenvalue weighted by Gasteiger charge is 2.35. The van der Waals surface area contributed by atoms with Gasteiger partial charge in [0.05, 0.1) is 7.11 Å². The highest BCUT2D eigenvalue weighted by atomic mass is 16.5. The maximum atomic E-state index is 12.6. The third-order valence-corrected chi connectivity index (χ3v) is 5.18. The first-order chi connectivity index (χ1) is 13.1. The van der Waals surface area contributed by atoms with Crippen LogP contribution in [0.25, 0.3) is 0 Å². The van der Waals surface area contributed by atoms with Crippen molar-refractivity contribution in [1.29, 1.82) is 0 Å². The Hall–Kier alpha value is -2.53. The number of methoxy groups -OCH3 is 1. The molecular weight excluding hydrogens is 342 g/mol. The fourth-order valence-electron chi connectivity index (χ4n) is 3.43. The number of ether oxygens (including phenoxy) is 3. The summed E-state index contributed by atoms with van der Waals surface area (Å²) >= 11 is 0. The van der Waals surface area contributed by atoms with Crippen molar-refractivity contribution in [3.8, 4) is 11.5 Å². The van der Waals surface area contributed by atoms with Gasteiger partial charge >= 0.3 is 0 Å². The van der Waals surface area contributed by atoms with Crippen LogP contribution < -0.4 is 14.8 Å². The molecule has 2 aromatic rings. The Morgan fingerprint density at radius 3 is 2.33 bits per heavy atom. The normalized spacial score (nSPS) is 17.0. The number of carbonyl (C=O) groups excluding carboxylic acids is 1. The molecular formula is C22H27NO4. The Balaban J connectivity index is 1.61. The average molecular weight is 369 g/mol. The van der Waals surface area contributed by atoms with Crippen LogP contribution in [0.1, 0.15) is 25.3 Å². The van der Waals surface area contributed by atoms with Crippen LogP contribution in [0.2, 0.25) is 0 Å². The Labute approximate surface area is 160 Å². The summed E-state index contributed by atoms with van der Waals surface area (Å²) in [6.07, 6.45) is 1.21. The Bertz CT molecular complexity index is 724. The second kappa shape index (κ2) is 8.91. The summed E-state index contributed by atoms with van der Waals surface area (Å²) in [6, 6.07) is 17.6. The smallest absolute Gasteiger partial charge is 0.260 e. The molecule has 1 atom stereocenters. The zero-order chi connectivity index (χ0) is 19.1. The Morgan fingerprint density at radius 2 is 1.70 bits per heavy atom. The van der Waals surface area contributed by atoms with E-state index in [1.54, 1.807) is 26.2 Å². The molecule has 1 fully saturated rings. The minimum atomic E-state index is -0.578. The number of rotatable bonds is 7. The molecule has 0 saturated carbocycles. The summed E-state index contributed by atoms with van der Waals surface area (Å²) in [5.74, 6) is 1.28. The molecule has 1 saturated heterocycles. The first-order valence-electron chi connectivity index (χ1n) is 9.35. The molecule has 0 aromatic heterocycles. The predicted molar refractivity (Wildman–Crippen MR) is 104 cm³/mol. The molecule has 1 heterocycles. The van der Waals surface area contributed by atoms with Crippen molar-refractivity contribution in [2.45, 2.75) is 31.3 Å². The molecule has 0 bridgehead atoms. The van der Waals surface area contributed by atoms with Gasteiger partial charge in [-0.15, -0.1) is 0 Å². The number of carbonyl (C=O) groups is 1. The topological polar surface area (TPSA) is 56.8 Å². The van der Waals surface area contributed by atoms with E-state index in [2.05, 4.69) is 17.4 Å². The van der Waals surface area contributed by atoms with E-state index in [0.717, 1.165) is 18.6 Å². The molecule has 1 amide bonds. The fourth-order valence-corrected chi connectivity index (χ4v) is 3.43. The molecule has 1 N–H and O–H groups in total. The standard InChI is InChI=1S/C22H27NO4/c1-17(27-20-10-8-19(25-2)9-11-20)21(24)23-16-22(12-14-26-15-13-22)18-6-4-3-5-7-18/h3-11,17H,12-16H2,1-2H3,(H,23,24)/t17-/m1/s1. The van der Waals surface area contributed by atoms with Gasteiger partial charge in [0.15, 0.2) is 6.10 Å². The van der Waals surface area contributed by atoms with E-state index < -0.39 is 6.10 Å². The molecule has 5 heteroatoms. The number of amides is 1. The molecule has 1 aliphatic heterocycles. The Morgan fingerprint density at radius 1 is 1.07 bits per heavy atom. The molecule has 5 nitrogen and oxygen atoms in total. The van der Waals surface area contributed by atoms with Gasteiger partial charge in [-0.25, -0.2) is 0 Å². The van der Waals surface area contributed by atoms with Crippen molar-refractivity contribution in [1.82, 2.24) is 5.32 Å². The largest absolute Gasteiger partial charge is 0.497 e. The highest BCUT2D eigenvalue weighted by molar-refractivity contribution is 5.80. The monoisotopic (exact) mass is 369 g/mol. The minimum Gasteiger partial charge on any atom is -0.497 e. The molecule has 0 spiro atoms. The van der Waals surface area contributed by atoms with Gasteiger partial charge in [0.2, 0.25) is 0 Å². The van der Waals surface area contributed by atoms with Crippen LogP contribution >= 0.6 is 0 Å². The van der Waals surface area contributed by atoms with Crippen LogP contribution in [0.4, 0.5) is 0 Å². The van der Waals surface area contributed by atoms with Gasteiger partial charge in [0.25, 0.3) is 5.91 Å². The zero-order valence-corrected chi connectivity index (χ0v) is 15.9. The maximum absolute atomic E-state index is 12.6. The second-order valence-corrected chi connectivity index (χ2v) is 6.91. The minimum absolute atomic E-state index is 0.0883. The molecule has 0 radical (unpaired) electrons. The van der Waals surface area contributed by atoms with Crippen LogP contribution in [-0.4, -0.2) is 38.9 Å². The third kappa shape index (κ3) is 4.80. The van der Waals surface area contributed by atoms with Crippen LogP contribution in [0, 0.1) is 0 Å². The number of benzene rings is 2. The molecule has 144 valence electrons. The van der Waals surface area contributed by atoms with Gasteiger partial charge < -0.3 is 19.5 Å².